The van der Waals surface area contributed by atoms with Crippen LogP contribution in [0.1, 0.15) is 36.1 Å². The summed E-state index contributed by atoms with van der Waals surface area (Å²) in [6.07, 6.45) is 2.99. The second-order valence-electron chi connectivity index (χ2n) is 8.66. The Labute approximate surface area is 192 Å². The molecule has 1 aromatic heterocycles. The number of anilines is 3. The molecule has 0 fully saturated rings. The summed E-state index contributed by atoms with van der Waals surface area (Å²) >= 11 is 0. The van der Waals surface area contributed by atoms with Gasteiger partial charge in [0.25, 0.3) is 0 Å². The van der Waals surface area contributed by atoms with E-state index in [0.29, 0.717) is 21.9 Å². The first kappa shape index (κ1) is 19.8. The predicted octanol–water partition coefficient (Wildman–Crippen LogP) is 7.45. The van der Waals surface area contributed by atoms with E-state index in [0.717, 1.165) is 24.9 Å². The third-order valence-electron chi connectivity index (χ3n) is 6.90. The summed E-state index contributed by atoms with van der Waals surface area (Å²) in [5.41, 5.74) is 10.2. The van der Waals surface area contributed by atoms with E-state index in [-0.39, 0.29) is 5.43 Å². The van der Waals surface area contributed by atoms with Gasteiger partial charge in [-0.15, -0.1) is 0 Å². The molecule has 0 aliphatic carbocycles. The van der Waals surface area contributed by atoms with Crippen molar-refractivity contribution >= 4 is 39.0 Å². The fourth-order valence-electron chi connectivity index (χ4n) is 5.31. The Morgan fingerprint density at radius 2 is 1.58 bits per heavy atom. The number of aryl methyl sites for hydroxylation is 1. The molecular formula is C30H25NO2. The quantitative estimate of drug-likeness (QED) is 0.273. The van der Waals surface area contributed by atoms with Crippen molar-refractivity contribution in [2.24, 2.45) is 0 Å². The van der Waals surface area contributed by atoms with Crippen LogP contribution >= 0.6 is 0 Å². The normalized spacial score (nSPS) is 12.7. The Hall–Kier alpha value is -3.85. The summed E-state index contributed by atoms with van der Waals surface area (Å²) in [7, 11) is 0. The third-order valence-corrected chi connectivity index (χ3v) is 6.90. The molecule has 1 aliphatic heterocycles. The van der Waals surface area contributed by atoms with E-state index in [4.69, 9.17) is 4.42 Å². The first-order valence-electron chi connectivity index (χ1n) is 11.7. The van der Waals surface area contributed by atoms with Gasteiger partial charge in [-0.3, -0.25) is 4.79 Å². The summed E-state index contributed by atoms with van der Waals surface area (Å²) in [6, 6.07) is 26.5. The number of fused-ring (bicyclic) bond motifs is 4. The lowest BCUT2D eigenvalue weighted by molar-refractivity contribution is 0.660. The molecule has 0 amide bonds. The van der Waals surface area contributed by atoms with Crippen LogP contribution in [0.25, 0.3) is 21.9 Å². The van der Waals surface area contributed by atoms with Gasteiger partial charge in [-0.2, -0.15) is 0 Å². The SMILES string of the molecule is CCc1ccc2c(c1CC)Cc1ccccc1N2c1ccc2c(=O)c3ccccc3oc2c1. The highest BCUT2D eigenvalue weighted by molar-refractivity contribution is 5.93. The fraction of sp³-hybridized carbons (Fsp3) is 0.167. The van der Waals surface area contributed by atoms with Crippen LogP contribution in [0.15, 0.2) is 88.1 Å². The first-order valence-corrected chi connectivity index (χ1v) is 11.7. The minimum atomic E-state index is 0.0127. The molecule has 0 radical (unpaired) electrons. The van der Waals surface area contributed by atoms with Crippen LogP contribution in [-0.2, 0) is 19.3 Å². The zero-order valence-electron chi connectivity index (χ0n) is 18.9. The van der Waals surface area contributed by atoms with Gasteiger partial charge in [-0.1, -0.05) is 50.2 Å². The lowest BCUT2D eigenvalue weighted by Crippen LogP contribution is -2.20. The molecule has 33 heavy (non-hydrogen) atoms. The second-order valence-corrected chi connectivity index (χ2v) is 8.66. The van der Waals surface area contributed by atoms with Gasteiger partial charge in [0.05, 0.1) is 10.8 Å². The molecular weight excluding hydrogens is 406 g/mol. The molecule has 0 saturated carbocycles. The van der Waals surface area contributed by atoms with Gasteiger partial charge in [0.15, 0.2) is 0 Å². The van der Waals surface area contributed by atoms with Crippen molar-refractivity contribution in [1.82, 2.24) is 0 Å². The summed E-state index contributed by atoms with van der Waals surface area (Å²) in [6.45, 7) is 4.47. The van der Waals surface area contributed by atoms with Crippen molar-refractivity contribution in [3.05, 3.63) is 111 Å². The third kappa shape index (κ3) is 3.00. The van der Waals surface area contributed by atoms with Crippen LogP contribution in [0.2, 0.25) is 0 Å². The molecule has 162 valence electrons. The maximum atomic E-state index is 13.1. The zero-order chi connectivity index (χ0) is 22.5. The Morgan fingerprint density at radius 3 is 2.42 bits per heavy atom. The highest BCUT2D eigenvalue weighted by Gasteiger charge is 2.26. The lowest BCUT2D eigenvalue weighted by atomic mass is 9.87. The highest BCUT2D eigenvalue weighted by atomic mass is 16.3. The monoisotopic (exact) mass is 431 g/mol. The number of benzene rings is 4. The number of hydrogen-bond acceptors (Lipinski definition) is 3. The molecule has 0 saturated heterocycles. The van der Waals surface area contributed by atoms with Gasteiger partial charge in [0.2, 0.25) is 5.43 Å². The molecule has 0 spiro atoms. The van der Waals surface area contributed by atoms with Crippen LogP contribution in [0.3, 0.4) is 0 Å². The van der Waals surface area contributed by atoms with Crippen molar-refractivity contribution in [1.29, 1.82) is 0 Å². The second kappa shape index (κ2) is 7.63. The minimum absolute atomic E-state index is 0.0127. The lowest BCUT2D eigenvalue weighted by Gasteiger charge is -2.35. The van der Waals surface area contributed by atoms with Crippen molar-refractivity contribution in [3.63, 3.8) is 0 Å². The fourth-order valence-corrected chi connectivity index (χ4v) is 5.31. The molecule has 0 atom stereocenters. The summed E-state index contributed by atoms with van der Waals surface area (Å²) in [5, 5.41) is 1.23. The van der Waals surface area contributed by atoms with Gasteiger partial charge in [0, 0.05) is 29.5 Å². The van der Waals surface area contributed by atoms with E-state index in [9.17, 15) is 4.79 Å². The Balaban J connectivity index is 1.62. The number of hydrogen-bond donors (Lipinski definition) is 0. The van der Waals surface area contributed by atoms with Gasteiger partial charge in [0.1, 0.15) is 11.2 Å². The average Bonchev–Trinajstić information content (AvgIpc) is 2.86. The molecule has 2 heterocycles. The molecule has 6 rings (SSSR count). The highest BCUT2D eigenvalue weighted by Crippen LogP contribution is 2.46. The standard InChI is InChI=1S/C30H25NO2/c1-3-19-13-16-27-25(22(19)4-2)17-20-9-5-7-11-26(20)31(27)21-14-15-24-29(18-21)33-28-12-8-6-10-23(28)30(24)32/h5-16,18H,3-4,17H2,1-2H3. The Kier molecular flexibility index (Phi) is 4.58. The summed E-state index contributed by atoms with van der Waals surface area (Å²) < 4.78 is 6.19. The van der Waals surface area contributed by atoms with Gasteiger partial charge < -0.3 is 9.32 Å². The van der Waals surface area contributed by atoms with Crippen molar-refractivity contribution < 1.29 is 4.42 Å². The van der Waals surface area contributed by atoms with Gasteiger partial charge in [-0.05, 0) is 71.5 Å². The van der Waals surface area contributed by atoms with E-state index in [2.05, 4.69) is 55.1 Å². The van der Waals surface area contributed by atoms with E-state index in [1.165, 1.54) is 33.6 Å². The van der Waals surface area contributed by atoms with Gasteiger partial charge >= 0.3 is 0 Å². The number of para-hydroxylation sites is 2. The predicted molar refractivity (Wildman–Crippen MR) is 136 cm³/mol. The summed E-state index contributed by atoms with van der Waals surface area (Å²) in [5.74, 6) is 0. The number of nitrogens with zero attached hydrogens (tertiary/aromatic N) is 1. The van der Waals surface area contributed by atoms with Crippen LogP contribution in [0.5, 0.6) is 0 Å². The maximum Gasteiger partial charge on any atom is 0.200 e. The molecule has 1 aliphatic rings. The van der Waals surface area contributed by atoms with Crippen LogP contribution in [0, 0.1) is 0 Å². The average molecular weight is 432 g/mol. The van der Waals surface area contributed by atoms with Crippen molar-refractivity contribution in [3.8, 4) is 0 Å². The molecule has 0 bridgehead atoms. The summed E-state index contributed by atoms with van der Waals surface area (Å²) in [4.78, 5) is 15.4. The smallest absolute Gasteiger partial charge is 0.200 e. The van der Waals surface area contributed by atoms with Gasteiger partial charge in [-0.25, -0.2) is 0 Å². The molecule has 3 heteroatoms. The van der Waals surface area contributed by atoms with Crippen LogP contribution in [-0.4, -0.2) is 0 Å². The van der Waals surface area contributed by atoms with Crippen molar-refractivity contribution in [2.45, 2.75) is 33.1 Å². The Bertz CT molecular complexity index is 1600. The van der Waals surface area contributed by atoms with E-state index in [1.54, 1.807) is 0 Å². The first-order chi connectivity index (χ1) is 16.2. The Morgan fingerprint density at radius 1 is 0.788 bits per heavy atom. The van der Waals surface area contributed by atoms with E-state index < -0.39 is 0 Å². The van der Waals surface area contributed by atoms with Crippen molar-refractivity contribution in [2.75, 3.05) is 4.90 Å². The molecule has 0 unspecified atom stereocenters. The van der Waals surface area contributed by atoms with Crippen LogP contribution in [0.4, 0.5) is 17.1 Å². The maximum absolute atomic E-state index is 13.1. The molecule has 0 N–H and O–H groups in total. The molecule has 3 nitrogen and oxygen atoms in total. The van der Waals surface area contributed by atoms with E-state index >= 15 is 0 Å². The number of rotatable bonds is 3. The molecule has 5 aromatic rings. The molecule has 4 aromatic carbocycles. The van der Waals surface area contributed by atoms with Crippen LogP contribution < -0.4 is 10.3 Å². The van der Waals surface area contributed by atoms with E-state index in [1.807, 2.05) is 42.5 Å². The zero-order valence-corrected chi connectivity index (χ0v) is 18.9. The topological polar surface area (TPSA) is 33.5 Å². The largest absolute Gasteiger partial charge is 0.456 e. The minimum Gasteiger partial charge on any atom is -0.456 e.